The lowest BCUT2D eigenvalue weighted by molar-refractivity contribution is -0.386. The van der Waals surface area contributed by atoms with Gasteiger partial charge in [0, 0.05) is 17.7 Å². The summed E-state index contributed by atoms with van der Waals surface area (Å²) in [5, 5.41) is 35.1. The number of non-ortho nitro benzene ring substituents is 1. The van der Waals surface area contributed by atoms with E-state index in [1.54, 1.807) is 0 Å². The zero-order valence-electron chi connectivity index (χ0n) is 14.0. The van der Waals surface area contributed by atoms with Crippen molar-refractivity contribution in [3.05, 3.63) is 67.8 Å². The first kappa shape index (κ1) is 19.3. The molecule has 2 rings (SSSR count). The molecule has 27 heavy (non-hydrogen) atoms. The second kappa shape index (κ2) is 8.38. The first-order valence-corrected chi connectivity index (χ1v) is 7.42. The monoisotopic (exact) mass is 374 g/mol. The second-order valence-corrected chi connectivity index (χ2v) is 5.23. The number of hydrazone groups is 1. The summed E-state index contributed by atoms with van der Waals surface area (Å²) in [5.41, 5.74) is 2.07. The van der Waals surface area contributed by atoms with Crippen LogP contribution in [-0.2, 0) is 11.2 Å². The number of hydrogen-bond acceptors (Lipinski definition) is 8. The number of nitrogens with one attached hydrogen (secondary N) is 1. The van der Waals surface area contributed by atoms with E-state index in [-0.39, 0.29) is 23.4 Å². The van der Waals surface area contributed by atoms with Gasteiger partial charge in [-0.2, -0.15) is 5.10 Å². The SMILES string of the molecule is COc1cc(/C=N\NC(=O)Cc2ccc([N+](=O)[O-])cc2)c(O)c([N+](=O)[O-])c1. The van der Waals surface area contributed by atoms with E-state index in [0.717, 1.165) is 12.3 Å². The summed E-state index contributed by atoms with van der Waals surface area (Å²) >= 11 is 0. The molecular formula is C16H14N4O7. The lowest BCUT2D eigenvalue weighted by Crippen LogP contribution is -2.19. The number of methoxy groups -OCH3 is 1. The van der Waals surface area contributed by atoms with Crippen LogP contribution in [0.2, 0.25) is 0 Å². The number of ether oxygens (including phenoxy) is 1. The predicted octanol–water partition coefficient (Wildman–Crippen LogP) is 1.91. The van der Waals surface area contributed by atoms with Gasteiger partial charge in [-0.3, -0.25) is 25.0 Å². The fourth-order valence-electron chi connectivity index (χ4n) is 2.10. The van der Waals surface area contributed by atoms with Crippen LogP contribution in [0.4, 0.5) is 11.4 Å². The molecule has 0 radical (unpaired) electrons. The summed E-state index contributed by atoms with van der Waals surface area (Å²) in [7, 11) is 1.31. The highest BCUT2D eigenvalue weighted by Crippen LogP contribution is 2.33. The molecule has 0 heterocycles. The third kappa shape index (κ3) is 4.98. The highest BCUT2D eigenvalue weighted by atomic mass is 16.6. The lowest BCUT2D eigenvalue weighted by atomic mass is 10.1. The number of carbonyl (C=O) groups excluding carboxylic acids is 1. The number of nitro benzene ring substituents is 2. The molecule has 0 saturated carbocycles. The van der Waals surface area contributed by atoms with Gasteiger partial charge in [-0.15, -0.1) is 0 Å². The number of carbonyl (C=O) groups is 1. The van der Waals surface area contributed by atoms with Crippen LogP contribution < -0.4 is 10.2 Å². The van der Waals surface area contributed by atoms with Gasteiger partial charge in [0.05, 0.1) is 35.7 Å². The number of nitro groups is 2. The van der Waals surface area contributed by atoms with Crippen molar-refractivity contribution >= 4 is 23.5 Å². The minimum atomic E-state index is -0.775. The number of hydrogen-bond donors (Lipinski definition) is 2. The molecular weight excluding hydrogens is 360 g/mol. The molecule has 2 aromatic rings. The van der Waals surface area contributed by atoms with E-state index in [4.69, 9.17) is 4.74 Å². The Hall–Kier alpha value is -4.02. The molecule has 2 aromatic carbocycles. The maximum absolute atomic E-state index is 11.9. The molecule has 11 heteroatoms. The number of nitrogens with zero attached hydrogens (tertiary/aromatic N) is 3. The van der Waals surface area contributed by atoms with Crippen molar-refractivity contribution in [2.45, 2.75) is 6.42 Å². The molecule has 0 aliphatic rings. The third-order valence-electron chi connectivity index (χ3n) is 3.43. The van der Waals surface area contributed by atoms with E-state index in [1.807, 2.05) is 0 Å². The van der Waals surface area contributed by atoms with Crippen molar-refractivity contribution in [2.75, 3.05) is 7.11 Å². The van der Waals surface area contributed by atoms with Crippen LogP contribution in [0.5, 0.6) is 11.5 Å². The standard InChI is InChI=1S/C16H14N4O7/c1-27-13-7-11(16(22)14(8-13)20(25)26)9-17-18-15(21)6-10-2-4-12(5-3-10)19(23)24/h2-5,7-9,22H,6H2,1H3,(H,18,21)/b17-9-. The molecule has 0 atom stereocenters. The third-order valence-corrected chi connectivity index (χ3v) is 3.43. The number of phenolic OH excluding ortho intramolecular Hbond substituents is 1. The van der Waals surface area contributed by atoms with Gasteiger partial charge in [-0.1, -0.05) is 12.1 Å². The van der Waals surface area contributed by atoms with Crippen LogP contribution in [-0.4, -0.2) is 34.2 Å². The Bertz CT molecular complexity index is 910. The van der Waals surface area contributed by atoms with Crippen molar-refractivity contribution in [1.29, 1.82) is 0 Å². The minimum absolute atomic E-state index is 0.0170. The molecule has 0 bridgehead atoms. The van der Waals surface area contributed by atoms with Gasteiger partial charge < -0.3 is 9.84 Å². The van der Waals surface area contributed by atoms with E-state index in [1.165, 1.54) is 37.4 Å². The summed E-state index contributed by atoms with van der Waals surface area (Å²) in [6.07, 6.45) is 0.957. The van der Waals surface area contributed by atoms with Crippen molar-refractivity contribution in [2.24, 2.45) is 5.10 Å². The Labute approximate surface area is 152 Å². The number of rotatable bonds is 7. The Balaban J connectivity index is 2.06. The number of benzene rings is 2. The molecule has 0 aliphatic carbocycles. The van der Waals surface area contributed by atoms with Crippen LogP contribution in [0.25, 0.3) is 0 Å². The highest BCUT2D eigenvalue weighted by Gasteiger charge is 2.18. The molecule has 11 nitrogen and oxygen atoms in total. The van der Waals surface area contributed by atoms with Gasteiger partial charge in [0.2, 0.25) is 11.7 Å². The van der Waals surface area contributed by atoms with Gasteiger partial charge in [-0.25, -0.2) is 5.43 Å². The molecule has 0 spiro atoms. The van der Waals surface area contributed by atoms with E-state index in [9.17, 15) is 30.1 Å². The fourth-order valence-corrected chi connectivity index (χ4v) is 2.10. The molecule has 1 amide bonds. The Kier molecular flexibility index (Phi) is 5.99. The summed E-state index contributed by atoms with van der Waals surface area (Å²) in [6.45, 7) is 0. The van der Waals surface area contributed by atoms with Crippen molar-refractivity contribution in [1.82, 2.24) is 5.43 Å². The Morgan fingerprint density at radius 3 is 2.44 bits per heavy atom. The van der Waals surface area contributed by atoms with Crippen LogP contribution in [0.1, 0.15) is 11.1 Å². The van der Waals surface area contributed by atoms with Crippen LogP contribution in [0.15, 0.2) is 41.5 Å². The summed E-state index contributed by atoms with van der Waals surface area (Å²) in [4.78, 5) is 32.0. The first-order chi connectivity index (χ1) is 12.8. The zero-order chi connectivity index (χ0) is 20.0. The van der Waals surface area contributed by atoms with Crippen molar-refractivity contribution < 1.29 is 24.5 Å². The smallest absolute Gasteiger partial charge is 0.315 e. The molecule has 0 aliphatic heterocycles. The number of phenols is 1. The average Bonchev–Trinajstić information content (AvgIpc) is 2.63. The van der Waals surface area contributed by atoms with Gasteiger partial charge in [0.1, 0.15) is 5.75 Å². The van der Waals surface area contributed by atoms with Gasteiger partial charge in [0.25, 0.3) is 5.69 Å². The quantitative estimate of drug-likeness (QED) is 0.425. The second-order valence-electron chi connectivity index (χ2n) is 5.23. The summed E-state index contributed by atoms with van der Waals surface area (Å²) < 4.78 is 4.92. The predicted molar refractivity (Wildman–Crippen MR) is 93.9 cm³/mol. The molecule has 0 unspecified atom stereocenters. The molecule has 2 N–H and O–H groups in total. The van der Waals surface area contributed by atoms with Crippen molar-refractivity contribution in [3.63, 3.8) is 0 Å². The molecule has 140 valence electrons. The van der Waals surface area contributed by atoms with Crippen LogP contribution in [0, 0.1) is 20.2 Å². The van der Waals surface area contributed by atoms with Gasteiger partial charge >= 0.3 is 5.69 Å². The van der Waals surface area contributed by atoms with E-state index in [0.29, 0.717) is 5.56 Å². The Morgan fingerprint density at radius 2 is 1.89 bits per heavy atom. The fraction of sp³-hybridized carbons (Fsp3) is 0.125. The topological polar surface area (TPSA) is 157 Å². The van der Waals surface area contributed by atoms with E-state index in [2.05, 4.69) is 10.5 Å². The lowest BCUT2D eigenvalue weighted by Gasteiger charge is -2.05. The Morgan fingerprint density at radius 1 is 1.22 bits per heavy atom. The van der Waals surface area contributed by atoms with E-state index >= 15 is 0 Å². The van der Waals surface area contributed by atoms with E-state index < -0.39 is 27.2 Å². The van der Waals surface area contributed by atoms with Gasteiger partial charge in [0.15, 0.2) is 0 Å². The molecule has 0 fully saturated rings. The van der Waals surface area contributed by atoms with Crippen molar-refractivity contribution in [3.8, 4) is 11.5 Å². The maximum atomic E-state index is 11.9. The first-order valence-electron chi connectivity index (χ1n) is 7.42. The zero-order valence-corrected chi connectivity index (χ0v) is 14.0. The molecule has 0 saturated heterocycles. The number of aromatic hydroxyl groups is 1. The minimum Gasteiger partial charge on any atom is -0.502 e. The largest absolute Gasteiger partial charge is 0.502 e. The van der Waals surface area contributed by atoms with Crippen LogP contribution in [0.3, 0.4) is 0 Å². The highest BCUT2D eigenvalue weighted by molar-refractivity contribution is 5.88. The van der Waals surface area contributed by atoms with Crippen LogP contribution >= 0.6 is 0 Å². The molecule has 0 aromatic heterocycles. The summed E-state index contributed by atoms with van der Waals surface area (Å²) in [5.74, 6) is -0.996. The number of amides is 1. The van der Waals surface area contributed by atoms with Gasteiger partial charge in [-0.05, 0) is 11.6 Å². The normalized spacial score (nSPS) is 10.6. The maximum Gasteiger partial charge on any atom is 0.315 e. The summed E-state index contributed by atoms with van der Waals surface area (Å²) in [6, 6.07) is 7.81. The average molecular weight is 374 g/mol.